The Bertz CT molecular complexity index is 1520. The Balaban J connectivity index is 0.00000129. The van der Waals surface area contributed by atoms with Crippen molar-refractivity contribution >= 4 is 10.9 Å². The third-order valence-electron chi connectivity index (χ3n) is 7.47. The van der Waals surface area contributed by atoms with Crippen LogP contribution >= 0.6 is 0 Å². The molecule has 0 unspecified atom stereocenters. The summed E-state index contributed by atoms with van der Waals surface area (Å²) in [6, 6.07) is 20.0. The van der Waals surface area contributed by atoms with Gasteiger partial charge in [-0.3, -0.25) is 0 Å². The predicted molar refractivity (Wildman–Crippen MR) is 154 cm³/mol. The summed E-state index contributed by atoms with van der Waals surface area (Å²) in [6.45, 7) is 8.13. The molecule has 2 aliphatic rings. The number of pyridine rings is 1. The van der Waals surface area contributed by atoms with E-state index in [9.17, 15) is 0 Å². The van der Waals surface area contributed by atoms with Crippen molar-refractivity contribution in [2.45, 2.75) is 37.8 Å². The van der Waals surface area contributed by atoms with Crippen molar-refractivity contribution in [3.05, 3.63) is 91.8 Å². The number of aromatic nitrogens is 5. The van der Waals surface area contributed by atoms with E-state index in [1.54, 1.807) is 0 Å². The molecular weight excluding hydrogens is 470 g/mol. The topological polar surface area (TPSA) is 94.3 Å². The van der Waals surface area contributed by atoms with Crippen LogP contribution in [0, 0.1) is 0 Å². The molecule has 38 heavy (non-hydrogen) atoms. The fourth-order valence-corrected chi connectivity index (χ4v) is 5.44. The highest BCUT2D eigenvalue weighted by Gasteiger charge is 2.20. The predicted octanol–water partition coefficient (Wildman–Crippen LogP) is 6.33. The molecule has 0 bridgehead atoms. The van der Waals surface area contributed by atoms with Crippen LogP contribution in [0.25, 0.3) is 44.7 Å². The molecule has 0 saturated carbocycles. The second-order valence-corrected chi connectivity index (χ2v) is 9.84. The van der Waals surface area contributed by atoms with Crippen LogP contribution in [-0.2, 0) is 0 Å². The van der Waals surface area contributed by atoms with E-state index in [0.717, 1.165) is 71.1 Å². The summed E-state index contributed by atoms with van der Waals surface area (Å²) < 4.78 is 0. The molecule has 0 radical (unpaired) electrons. The lowest BCUT2D eigenvalue weighted by atomic mass is 10.0. The summed E-state index contributed by atoms with van der Waals surface area (Å²) in [5, 5.41) is 8.12. The number of fused-ring (bicyclic) bond motifs is 1. The summed E-state index contributed by atoms with van der Waals surface area (Å²) in [5.41, 5.74) is 7.44. The molecule has 7 rings (SSSR count). The highest BCUT2D eigenvalue weighted by Crippen LogP contribution is 2.29. The summed E-state index contributed by atoms with van der Waals surface area (Å²) in [6.07, 6.45) is 8.51. The molecule has 2 aromatic carbocycles. The SMILES string of the molecule is C=C.c1cc(-c2cnc([C@@H]3CCCN3)[nH]2)ccc1-c1ccc2nc(-c3cnc([C@@H]4CCCN4)[nH]3)ccc2c1. The maximum Gasteiger partial charge on any atom is 0.123 e. The van der Waals surface area contributed by atoms with Crippen molar-refractivity contribution in [2.24, 2.45) is 0 Å². The fraction of sp³-hybridized carbons (Fsp3) is 0.258. The minimum atomic E-state index is 0.327. The van der Waals surface area contributed by atoms with Crippen LogP contribution in [-0.4, -0.2) is 38.0 Å². The highest BCUT2D eigenvalue weighted by atomic mass is 15.0. The van der Waals surface area contributed by atoms with Gasteiger partial charge in [0.1, 0.15) is 11.6 Å². The average Bonchev–Trinajstić information content (AvgIpc) is 3.80. The number of aromatic amines is 2. The van der Waals surface area contributed by atoms with Gasteiger partial charge in [-0.05, 0) is 73.7 Å². The van der Waals surface area contributed by atoms with Gasteiger partial charge in [0.25, 0.3) is 0 Å². The lowest BCUT2D eigenvalue weighted by molar-refractivity contribution is 0.613. The van der Waals surface area contributed by atoms with Gasteiger partial charge in [0, 0.05) is 5.39 Å². The van der Waals surface area contributed by atoms with Gasteiger partial charge < -0.3 is 20.6 Å². The van der Waals surface area contributed by atoms with Crippen molar-refractivity contribution in [1.82, 2.24) is 35.6 Å². The Morgan fingerprint density at radius 1 is 0.658 bits per heavy atom. The Kier molecular flexibility index (Phi) is 6.86. The van der Waals surface area contributed by atoms with Crippen LogP contribution in [0.15, 0.2) is 80.1 Å². The first-order chi connectivity index (χ1) is 18.8. The van der Waals surface area contributed by atoms with Gasteiger partial charge in [0.2, 0.25) is 0 Å². The van der Waals surface area contributed by atoms with Crippen molar-refractivity contribution in [1.29, 1.82) is 0 Å². The molecule has 2 saturated heterocycles. The number of hydrogen-bond donors (Lipinski definition) is 4. The first kappa shape index (κ1) is 24.3. The van der Waals surface area contributed by atoms with E-state index < -0.39 is 0 Å². The zero-order valence-corrected chi connectivity index (χ0v) is 21.5. The van der Waals surface area contributed by atoms with Gasteiger partial charge in [0.05, 0.1) is 47.1 Å². The first-order valence-electron chi connectivity index (χ1n) is 13.4. The smallest absolute Gasteiger partial charge is 0.123 e. The lowest BCUT2D eigenvalue weighted by Gasteiger charge is -2.07. The molecule has 0 amide bonds. The second-order valence-electron chi connectivity index (χ2n) is 9.84. The number of rotatable bonds is 5. The second kappa shape index (κ2) is 10.7. The van der Waals surface area contributed by atoms with E-state index >= 15 is 0 Å². The molecule has 2 aliphatic heterocycles. The number of hydrogen-bond acceptors (Lipinski definition) is 5. The number of benzene rings is 2. The first-order valence-corrected chi connectivity index (χ1v) is 13.4. The minimum Gasteiger partial charge on any atom is -0.341 e. The maximum absolute atomic E-state index is 4.90. The van der Waals surface area contributed by atoms with Gasteiger partial charge in [0.15, 0.2) is 0 Å². The third kappa shape index (κ3) is 4.78. The largest absolute Gasteiger partial charge is 0.341 e. The van der Waals surface area contributed by atoms with E-state index in [-0.39, 0.29) is 0 Å². The Labute approximate surface area is 222 Å². The molecule has 5 aromatic rings. The van der Waals surface area contributed by atoms with Crippen molar-refractivity contribution in [3.63, 3.8) is 0 Å². The molecule has 7 heteroatoms. The number of nitrogens with zero attached hydrogens (tertiary/aromatic N) is 3. The number of H-pyrrole nitrogens is 2. The zero-order chi connectivity index (χ0) is 25.9. The van der Waals surface area contributed by atoms with Crippen LogP contribution in [0.4, 0.5) is 0 Å². The van der Waals surface area contributed by atoms with Crippen LogP contribution in [0.3, 0.4) is 0 Å². The summed E-state index contributed by atoms with van der Waals surface area (Å²) in [7, 11) is 0. The highest BCUT2D eigenvalue weighted by molar-refractivity contribution is 5.86. The Morgan fingerprint density at radius 2 is 1.26 bits per heavy atom. The van der Waals surface area contributed by atoms with Crippen LogP contribution in [0.5, 0.6) is 0 Å². The molecule has 4 N–H and O–H groups in total. The summed E-state index contributed by atoms with van der Waals surface area (Å²) in [5.74, 6) is 2.04. The molecule has 192 valence electrons. The molecule has 7 nitrogen and oxygen atoms in total. The molecule has 3 aromatic heterocycles. The normalized spacial score (nSPS) is 18.9. The van der Waals surface area contributed by atoms with Gasteiger partial charge >= 0.3 is 0 Å². The number of imidazole rings is 2. The standard InChI is InChI=1S/C29H29N7.C2H4/c1-3-24(30-13-1)28-32-16-26(35-28)19-7-5-18(6-8-19)20-9-11-22-21(15-20)10-12-23(34-22)27-17-33-29(36-27)25-4-2-14-31-25;1-2/h5-12,15-17,24-25,30-31H,1-4,13-14H2,(H,32,35)(H,33,36);1-2H2/t24-,25-;/m0./s1. The van der Waals surface area contributed by atoms with E-state index in [1.165, 1.54) is 24.0 Å². The van der Waals surface area contributed by atoms with Gasteiger partial charge in [-0.2, -0.15) is 0 Å². The van der Waals surface area contributed by atoms with Crippen LogP contribution in [0.1, 0.15) is 49.4 Å². The molecule has 2 atom stereocenters. The molecule has 5 heterocycles. The minimum absolute atomic E-state index is 0.327. The third-order valence-corrected chi connectivity index (χ3v) is 7.47. The average molecular weight is 504 g/mol. The van der Waals surface area contributed by atoms with Gasteiger partial charge in [-0.1, -0.05) is 36.4 Å². The monoisotopic (exact) mass is 503 g/mol. The van der Waals surface area contributed by atoms with Crippen LogP contribution < -0.4 is 10.6 Å². The lowest BCUT2D eigenvalue weighted by Crippen LogP contribution is -2.14. The van der Waals surface area contributed by atoms with E-state index in [0.29, 0.717) is 12.1 Å². The number of nitrogens with one attached hydrogen (secondary N) is 4. The van der Waals surface area contributed by atoms with E-state index in [1.807, 2.05) is 12.4 Å². The quantitative estimate of drug-likeness (QED) is 0.210. The molecule has 0 aliphatic carbocycles. The summed E-state index contributed by atoms with van der Waals surface area (Å²) >= 11 is 0. The van der Waals surface area contributed by atoms with E-state index in [2.05, 4.69) is 98.3 Å². The molecule has 2 fully saturated rings. The Morgan fingerprint density at radius 3 is 1.92 bits per heavy atom. The Hall–Kier alpha value is -4.07. The maximum atomic E-state index is 4.90. The van der Waals surface area contributed by atoms with Crippen LogP contribution in [0.2, 0.25) is 0 Å². The van der Waals surface area contributed by atoms with Gasteiger partial charge in [-0.25, -0.2) is 15.0 Å². The van der Waals surface area contributed by atoms with Crippen molar-refractivity contribution in [3.8, 4) is 33.8 Å². The summed E-state index contributed by atoms with van der Waals surface area (Å²) in [4.78, 5) is 21.1. The van der Waals surface area contributed by atoms with Gasteiger partial charge in [-0.15, -0.1) is 13.2 Å². The molecular formula is C31H33N7. The van der Waals surface area contributed by atoms with E-state index in [4.69, 9.17) is 4.98 Å². The molecule has 0 spiro atoms. The zero-order valence-electron chi connectivity index (χ0n) is 21.5. The van der Waals surface area contributed by atoms with Crippen molar-refractivity contribution in [2.75, 3.05) is 13.1 Å². The fourth-order valence-electron chi connectivity index (χ4n) is 5.44. The van der Waals surface area contributed by atoms with Crippen molar-refractivity contribution < 1.29 is 0 Å².